The molecule has 0 atom stereocenters. The second kappa shape index (κ2) is 5.45. The monoisotopic (exact) mass is 263 g/mol. The largest absolute Gasteiger partial charge is 0.388 e. The standard InChI is InChI=1S/C15H25N3O/c1-11(2)14-16-12(3)9-13(17-14)18(4)10-15(19)7-5-6-8-15/h9,11,19H,5-8,10H2,1-4H3. The molecule has 19 heavy (non-hydrogen) atoms. The lowest BCUT2D eigenvalue weighted by molar-refractivity contribution is 0.0558. The fourth-order valence-corrected chi connectivity index (χ4v) is 2.74. The molecule has 0 spiro atoms. The Morgan fingerprint density at radius 2 is 1.95 bits per heavy atom. The summed E-state index contributed by atoms with van der Waals surface area (Å²) < 4.78 is 0. The van der Waals surface area contributed by atoms with Gasteiger partial charge in [0.1, 0.15) is 11.6 Å². The topological polar surface area (TPSA) is 49.2 Å². The van der Waals surface area contributed by atoms with Crippen molar-refractivity contribution in [1.82, 2.24) is 9.97 Å². The Balaban J connectivity index is 2.16. The highest BCUT2D eigenvalue weighted by Crippen LogP contribution is 2.31. The molecule has 4 nitrogen and oxygen atoms in total. The maximum Gasteiger partial charge on any atom is 0.133 e. The Bertz CT molecular complexity index is 439. The zero-order valence-electron chi connectivity index (χ0n) is 12.5. The second-order valence-corrected chi connectivity index (χ2v) is 6.17. The van der Waals surface area contributed by atoms with Gasteiger partial charge in [0.25, 0.3) is 0 Å². The molecular formula is C15H25N3O. The number of aryl methyl sites for hydroxylation is 1. The summed E-state index contributed by atoms with van der Waals surface area (Å²) in [6.45, 7) is 6.85. The summed E-state index contributed by atoms with van der Waals surface area (Å²) in [6, 6.07) is 1.99. The Labute approximate surface area is 115 Å². The lowest BCUT2D eigenvalue weighted by Crippen LogP contribution is -2.39. The van der Waals surface area contributed by atoms with Crippen LogP contribution in [0.3, 0.4) is 0 Å². The predicted octanol–water partition coefficient (Wildman–Crippen LogP) is 2.65. The molecule has 0 unspecified atom stereocenters. The van der Waals surface area contributed by atoms with Crippen molar-refractivity contribution < 1.29 is 5.11 Å². The van der Waals surface area contributed by atoms with Crippen LogP contribution in [-0.2, 0) is 0 Å². The highest BCUT2D eigenvalue weighted by molar-refractivity contribution is 5.39. The van der Waals surface area contributed by atoms with Crippen LogP contribution < -0.4 is 4.90 Å². The highest BCUT2D eigenvalue weighted by atomic mass is 16.3. The third-order valence-corrected chi connectivity index (χ3v) is 3.83. The molecule has 1 aliphatic carbocycles. The molecule has 1 N–H and O–H groups in total. The summed E-state index contributed by atoms with van der Waals surface area (Å²) in [7, 11) is 2.00. The van der Waals surface area contributed by atoms with Gasteiger partial charge in [-0.15, -0.1) is 0 Å². The Kier molecular flexibility index (Phi) is 4.09. The lowest BCUT2D eigenvalue weighted by atomic mass is 10.0. The third kappa shape index (κ3) is 3.44. The van der Waals surface area contributed by atoms with E-state index < -0.39 is 5.60 Å². The summed E-state index contributed by atoms with van der Waals surface area (Å²) in [6.07, 6.45) is 4.06. The molecule has 4 heteroatoms. The van der Waals surface area contributed by atoms with Crippen LogP contribution in [0.4, 0.5) is 5.82 Å². The molecule has 1 aromatic heterocycles. The molecule has 106 valence electrons. The lowest BCUT2D eigenvalue weighted by Gasteiger charge is -2.29. The number of nitrogens with zero attached hydrogens (tertiary/aromatic N) is 3. The van der Waals surface area contributed by atoms with Gasteiger partial charge in [-0.05, 0) is 19.8 Å². The van der Waals surface area contributed by atoms with E-state index in [1.165, 1.54) is 0 Å². The summed E-state index contributed by atoms with van der Waals surface area (Å²) in [4.78, 5) is 11.1. The first kappa shape index (κ1) is 14.3. The summed E-state index contributed by atoms with van der Waals surface area (Å²) in [5.74, 6) is 2.11. The first-order valence-electron chi connectivity index (χ1n) is 7.19. The van der Waals surface area contributed by atoms with Gasteiger partial charge in [0.15, 0.2) is 0 Å². The fraction of sp³-hybridized carbons (Fsp3) is 0.733. The van der Waals surface area contributed by atoms with Crippen molar-refractivity contribution in [3.8, 4) is 0 Å². The van der Waals surface area contributed by atoms with E-state index in [-0.39, 0.29) is 0 Å². The van der Waals surface area contributed by atoms with Gasteiger partial charge in [-0.3, -0.25) is 0 Å². The molecule has 0 aliphatic heterocycles. The van der Waals surface area contributed by atoms with Gasteiger partial charge in [-0.25, -0.2) is 9.97 Å². The normalized spacial score (nSPS) is 18.0. The third-order valence-electron chi connectivity index (χ3n) is 3.83. The van der Waals surface area contributed by atoms with Crippen LogP contribution >= 0.6 is 0 Å². The predicted molar refractivity (Wildman–Crippen MR) is 77.5 cm³/mol. The van der Waals surface area contributed by atoms with E-state index in [9.17, 15) is 5.11 Å². The van der Waals surface area contributed by atoms with Crippen LogP contribution in [-0.4, -0.2) is 34.3 Å². The van der Waals surface area contributed by atoms with Crippen LogP contribution in [0.2, 0.25) is 0 Å². The molecule has 0 radical (unpaired) electrons. The van der Waals surface area contributed by atoms with Gasteiger partial charge in [0, 0.05) is 31.3 Å². The zero-order valence-corrected chi connectivity index (χ0v) is 12.5. The van der Waals surface area contributed by atoms with E-state index in [0.717, 1.165) is 43.0 Å². The fourth-order valence-electron chi connectivity index (χ4n) is 2.74. The van der Waals surface area contributed by atoms with Crippen LogP contribution in [0.15, 0.2) is 6.07 Å². The number of hydrogen-bond acceptors (Lipinski definition) is 4. The molecule has 0 amide bonds. The minimum atomic E-state index is -0.536. The Morgan fingerprint density at radius 3 is 2.53 bits per heavy atom. The molecule has 0 aromatic carbocycles. The van der Waals surface area contributed by atoms with E-state index in [0.29, 0.717) is 12.5 Å². The molecule has 0 bridgehead atoms. The first-order chi connectivity index (χ1) is 8.89. The smallest absolute Gasteiger partial charge is 0.133 e. The molecule has 1 aliphatic rings. The minimum Gasteiger partial charge on any atom is -0.388 e. The van der Waals surface area contributed by atoms with Crippen LogP contribution in [0.5, 0.6) is 0 Å². The Morgan fingerprint density at radius 1 is 1.32 bits per heavy atom. The van der Waals surface area contributed by atoms with Crippen LogP contribution in [0, 0.1) is 6.92 Å². The van der Waals surface area contributed by atoms with Gasteiger partial charge >= 0.3 is 0 Å². The molecular weight excluding hydrogens is 238 g/mol. The Hall–Kier alpha value is -1.16. The summed E-state index contributed by atoms with van der Waals surface area (Å²) in [5.41, 5.74) is 0.449. The number of anilines is 1. The van der Waals surface area contributed by atoms with E-state index in [1.807, 2.05) is 20.0 Å². The number of hydrogen-bond donors (Lipinski definition) is 1. The van der Waals surface area contributed by atoms with Crippen molar-refractivity contribution >= 4 is 5.82 Å². The van der Waals surface area contributed by atoms with E-state index in [4.69, 9.17) is 0 Å². The highest BCUT2D eigenvalue weighted by Gasteiger charge is 2.32. The van der Waals surface area contributed by atoms with Crippen LogP contribution in [0.25, 0.3) is 0 Å². The number of aromatic nitrogens is 2. The van der Waals surface area contributed by atoms with Crippen molar-refractivity contribution in [1.29, 1.82) is 0 Å². The molecule has 1 heterocycles. The second-order valence-electron chi connectivity index (χ2n) is 6.17. The van der Waals surface area contributed by atoms with Gasteiger partial charge < -0.3 is 10.0 Å². The molecule has 2 rings (SSSR count). The first-order valence-corrected chi connectivity index (χ1v) is 7.19. The minimum absolute atomic E-state index is 0.321. The molecule has 1 saturated carbocycles. The molecule has 0 saturated heterocycles. The van der Waals surface area contributed by atoms with Crippen molar-refractivity contribution in [3.63, 3.8) is 0 Å². The zero-order chi connectivity index (χ0) is 14.0. The van der Waals surface area contributed by atoms with Crippen LogP contribution in [0.1, 0.15) is 57.0 Å². The van der Waals surface area contributed by atoms with Crippen molar-refractivity contribution in [2.75, 3.05) is 18.5 Å². The van der Waals surface area contributed by atoms with Crippen molar-refractivity contribution in [2.45, 2.75) is 58.0 Å². The SMILES string of the molecule is Cc1cc(N(C)CC2(O)CCCC2)nc(C(C)C)n1. The van der Waals surface area contributed by atoms with Gasteiger partial charge in [0.05, 0.1) is 5.60 Å². The summed E-state index contributed by atoms with van der Waals surface area (Å²) in [5, 5.41) is 10.5. The van der Waals surface area contributed by atoms with E-state index >= 15 is 0 Å². The average Bonchev–Trinajstić information content (AvgIpc) is 2.74. The van der Waals surface area contributed by atoms with E-state index in [1.54, 1.807) is 0 Å². The number of likely N-dealkylation sites (N-methyl/N-ethyl adjacent to an activating group) is 1. The van der Waals surface area contributed by atoms with Gasteiger partial charge in [-0.1, -0.05) is 26.7 Å². The number of aliphatic hydroxyl groups is 1. The molecule has 1 fully saturated rings. The van der Waals surface area contributed by atoms with Gasteiger partial charge in [0.2, 0.25) is 0 Å². The summed E-state index contributed by atoms with van der Waals surface area (Å²) >= 11 is 0. The average molecular weight is 263 g/mol. The number of rotatable bonds is 4. The van der Waals surface area contributed by atoms with E-state index in [2.05, 4.69) is 28.7 Å². The molecule has 1 aromatic rings. The maximum absolute atomic E-state index is 10.5. The van der Waals surface area contributed by atoms with Crippen molar-refractivity contribution in [2.24, 2.45) is 0 Å². The maximum atomic E-state index is 10.5. The van der Waals surface area contributed by atoms with Gasteiger partial charge in [-0.2, -0.15) is 0 Å². The quantitative estimate of drug-likeness (QED) is 0.907. The van der Waals surface area contributed by atoms with Crippen molar-refractivity contribution in [3.05, 3.63) is 17.6 Å².